The van der Waals surface area contributed by atoms with Gasteiger partial charge in [-0.05, 0) is 78.1 Å². The number of rotatable bonds is 8. The molecule has 188 valence electrons. The van der Waals surface area contributed by atoms with Crippen LogP contribution in [-0.2, 0) is 6.42 Å². The fourth-order valence-electron chi connectivity index (χ4n) is 3.97. The maximum atomic E-state index is 12.9. The van der Waals surface area contributed by atoms with Gasteiger partial charge in [-0.1, -0.05) is 49.4 Å². The van der Waals surface area contributed by atoms with E-state index in [-0.39, 0.29) is 11.3 Å². The third-order valence-electron chi connectivity index (χ3n) is 5.84. The maximum absolute atomic E-state index is 12.9. The molecule has 7 heteroatoms. The van der Waals surface area contributed by atoms with Gasteiger partial charge in [0.25, 0.3) is 0 Å². The summed E-state index contributed by atoms with van der Waals surface area (Å²) in [7, 11) is 1.43. The number of amides is 2. The van der Waals surface area contributed by atoms with Crippen molar-refractivity contribution in [3.8, 4) is 28.4 Å². The molecule has 4 aromatic rings. The predicted molar refractivity (Wildman–Crippen MR) is 145 cm³/mol. The topological polar surface area (TPSA) is 96.9 Å². The Hall–Kier alpha value is -4.78. The van der Waals surface area contributed by atoms with E-state index in [1.165, 1.54) is 7.11 Å². The number of nitrogens with one attached hydrogen (secondary N) is 2. The second-order valence-corrected chi connectivity index (χ2v) is 8.44. The summed E-state index contributed by atoms with van der Waals surface area (Å²) in [5, 5.41) is 15.3. The van der Waals surface area contributed by atoms with Gasteiger partial charge in [0, 0.05) is 5.69 Å². The fraction of sp³-hybridized carbons (Fsp3) is 0.133. The number of hydrogen-bond donors (Lipinski definition) is 3. The van der Waals surface area contributed by atoms with Crippen LogP contribution in [0.25, 0.3) is 11.1 Å². The van der Waals surface area contributed by atoms with Gasteiger partial charge in [0.1, 0.15) is 17.1 Å². The van der Waals surface area contributed by atoms with E-state index in [2.05, 4.69) is 10.6 Å². The zero-order valence-corrected chi connectivity index (χ0v) is 20.9. The van der Waals surface area contributed by atoms with Crippen LogP contribution in [0.2, 0.25) is 0 Å². The summed E-state index contributed by atoms with van der Waals surface area (Å²) in [4.78, 5) is 24.7. The normalized spacial score (nSPS) is 10.5. The highest BCUT2D eigenvalue weighted by Crippen LogP contribution is 2.36. The molecule has 0 spiro atoms. The lowest BCUT2D eigenvalue weighted by Gasteiger charge is -2.17. The number of ether oxygens (including phenoxy) is 2. The second kappa shape index (κ2) is 11.3. The van der Waals surface area contributed by atoms with Gasteiger partial charge in [0.2, 0.25) is 0 Å². The molecule has 0 radical (unpaired) electrons. The van der Waals surface area contributed by atoms with Crippen molar-refractivity contribution in [1.29, 1.82) is 0 Å². The summed E-state index contributed by atoms with van der Waals surface area (Å²) in [5.74, 6) is 0.322. The third-order valence-corrected chi connectivity index (χ3v) is 5.84. The van der Waals surface area contributed by atoms with Crippen molar-refractivity contribution < 1.29 is 24.2 Å². The molecule has 0 atom stereocenters. The standard InChI is InChI=1S/C30H28N2O5/c1-4-20-9-5-6-11-26(20)37-28-15-13-22(21-12-14-27(36-3)24(17-21)29(33)34)18-25(28)32-30(35)31-23-10-7-8-19(2)16-23/h5-18H,4H2,1-3H3,(H,33,34)(H2,31,32,35). The largest absolute Gasteiger partial charge is 0.496 e. The Morgan fingerprint density at radius 2 is 1.54 bits per heavy atom. The average molecular weight is 497 g/mol. The molecule has 0 aromatic heterocycles. The van der Waals surface area contributed by atoms with Crippen molar-refractivity contribution in [2.75, 3.05) is 17.7 Å². The molecule has 0 fully saturated rings. The Balaban J connectivity index is 1.71. The molecule has 0 aliphatic heterocycles. The zero-order chi connectivity index (χ0) is 26.4. The molecule has 4 aromatic carbocycles. The summed E-state index contributed by atoms with van der Waals surface area (Å²) in [5.41, 5.74) is 4.54. The van der Waals surface area contributed by atoms with Gasteiger partial charge in [0.15, 0.2) is 5.75 Å². The van der Waals surface area contributed by atoms with Crippen LogP contribution >= 0.6 is 0 Å². The van der Waals surface area contributed by atoms with Gasteiger partial charge in [-0.3, -0.25) is 0 Å². The number of urea groups is 1. The van der Waals surface area contributed by atoms with E-state index < -0.39 is 12.0 Å². The van der Waals surface area contributed by atoms with Crippen molar-refractivity contribution >= 4 is 23.4 Å². The highest BCUT2D eigenvalue weighted by Gasteiger charge is 2.16. The molecule has 0 saturated heterocycles. The number of aryl methyl sites for hydroxylation is 2. The summed E-state index contributed by atoms with van der Waals surface area (Å²) >= 11 is 0. The third kappa shape index (κ3) is 6.08. The van der Waals surface area contributed by atoms with Gasteiger partial charge in [-0.2, -0.15) is 0 Å². The van der Waals surface area contributed by atoms with Crippen molar-refractivity contribution in [3.63, 3.8) is 0 Å². The Kier molecular flexibility index (Phi) is 7.74. The number of carbonyl (C=O) groups excluding carboxylic acids is 1. The molecule has 0 aliphatic rings. The number of anilines is 2. The van der Waals surface area contributed by atoms with E-state index in [4.69, 9.17) is 9.47 Å². The van der Waals surface area contributed by atoms with E-state index in [0.717, 1.165) is 17.5 Å². The molecule has 3 N–H and O–H groups in total. The summed E-state index contributed by atoms with van der Waals surface area (Å²) in [6.07, 6.45) is 0.786. The first-order valence-corrected chi connectivity index (χ1v) is 11.8. The number of carboxylic acids is 1. The van der Waals surface area contributed by atoms with Crippen LogP contribution < -0.4 is 20.1 Å². The highest BCUT2D eigenvalue weighted by molar-refractivity contribution is 6.01. The maximum Gasteiger partial charge on any atom is 0.339 e. The fourth-order valence-corrected chi connectivity index (χ4v) is 3.97. The number of carbonyl (C=O) groups is 2. The van der Waals surface area contributed by atoms with E-state index in [1.807, 2.05) is 68.4 Å². The van der Waals surface area contributed by atoms with E-state index in [0.29, 0.717) is 34.0 Å². The van der Waals surface area contributed by atoms with Crippen LogP contribution in [0.5, 0.6) is 17.2 Å². The molecule has 37 heavy (non-hydrogen) atoms. The van der Waals surface area contributed by atoms with Crippen LogP contribution in [-0.4, -0.2) is 24.2 Å². The average Bonchev–Trinajstić information content (AvgIpc) is 2.89. The smallest absolute Gasteiger partial charge is 0.339 e. The number of carboxylic acid groups (broad SMARTS) is 1. The number of methoxy groups -OCH3 is 1. The summed E-state index contributed by atoms with van der Waals surface area (Å²) in [6.45, 7) is 3.99. The van der Waals surface area contributed by atoms with Crippen LogP contribution in [0.4, 0.5) is 16.2 Å². The van der Waals surface area contributed by atoms with Gasteiger partial charge in [-0.25, -0.2) is 9.59 Å². The predicted octanol–water partition coefficient (Wildman–Crippen LogP) is 7.37. The molecular formula is C30H28N2O5. The molecule has 2 amide bonds. The zero-order valence-electron chi connectivity index (χ0n) is 20.9. The van der Waals surface area contributed by atoms with E-state index in [9.17, 15) is 14.7 Å². The molecule has 0 aliphatic carbocycles. The molecule has 0 bridgehead atoms. The Bertz CT molecular complexity index is 1450. The molecule has 7 nitrogen and oxygen atoms in total. The molecule has 0 saturated carbocycles. The Labute approximate surface area is 215 Å². The van der Waals surface area contributed by atoms with Crippen molar-refractivity contribution in [1.82, 2.24) is 0 Å². The van der Waals surface area contributed by atoms with Gasteiger partial charge in [-0.15, -0.1) is 0 Å². The first kappa shape index (κ1) is 25.3. The van der Waals surface area contributed by atoms with Crippen molar-refractivity contribution in [3.05, 3.63) is 102 Å². The SMILES string of the molecule is CCc1ccccc1Oc1ccc(-c2ccc(OC)c(C(=O)O)c2)cc1NC(=O)Nc1cccc(C)c1. The minimum absolute atomic E-state index is 0.0453. The quantitative estimate of drug-likeness (QED) is 0.237. The van der Waals surface area contributed by atoms with E-state index >= 15 is 0 Å². The minimum Gasteiger partial charge on any atom is -0.496 e. The number of benzene rings is 4. The molecule has 4 rings (SSSR count). The summed E-state index contributed by atoms with van der Waals surface area (Å²) in [6, 6.07) is 25.0. The highest BCUT2D eigenvalue weighted by atomic mass is 16.5. The van der Waals surface area contributed by atoms with Gasteiger partial charge < -0.3 is 25.2 Å². The Morgan fingerprint density at radius 1 is 0.811 bits per heavy atom. The second-order valence-electron chi connectivity index (χ2n) is 8.44. The lowest BCUT2D eigenvalue weighted by atomic mass is 10.0. The molecular weight excluding hydrogens is 468 g/mol. The van der Waals surface area contributed by atoms with Crippen LogP contribution in [0.15, 0.2) is 84.9 Å². The molecule has 0 heterocycles. The van der Waals surface area contributed by atoms with Gasteiger partial charge in [0.05, 0.1) is 12.8 Å². The van der Waals surface area contributed by atoms with Crippen molar-refractivity contribution in [2.45, 2.75) is 20.3 Å². The van der Waals surface area contributed by atoms with Gasteiger partial charge >= 0.3 is 12.0 Å². The Morgan fingerprint density at radius 3 is 2.24 bits per heavy atom. The first-order chi connectivity index (χ1) is 17.9. The minimum atomic E-state index is -1.09. The lowest BCUT2D eigenvalue weighted by Crippen LogP contribution is -2.19. The van der Waals surface area contributed by atoms with Crippen LogP contribution in [0, 0.1) is 6.92 Å². The number of hydrogen-bond acceptors (Lipinski definition) is 4. The monoisotopic (exact) mass is 496 g/mol. The lowest BCUT2D eigenvalue weighted by molar-refractivity contribution is 0.0693. The van der Waals surface area contributed by atoms with Crippen molar-refractivity contribution in [2.24, 2.45) is 0 Å². The number of aromatic carboxylic acids is 1. The van der Waals surface area contributed by atoms with E-state index in [1.54, 1.807) is 30.3 Å². The van der Waals surface area contributed by atoms with Crippen LogP contribution in [0.3, 0.4) is 0 Å². The number of para-hydroxylation sites is 1. The summed E-state index contributed by atoms with van der Waals surface area (Å²) < 4.78 is 11.4. The first-order valence-electron chi connectivity index (χ1n) is 11.8. The van der Waals surface area contributed by atoms with Crippen LogP contribution in [0.1, 0.15) is 28.4 Å². The molecule has 0 unspecified atom stereocenters.